The predicted octanol–water partition coefficient (Wildman–Crippen LogP) is 0.473. The van der Waals surface area contributed by atoms with E-state index < -0.39 is 0 Å². The van der Waals surface area contributed by atoms with Gasteiger partial charge in [-0.05, 0) is 12.8 Å². The van der Waals surface area contributed by atoms with Crippen molar-refractivity contribution >= 4 is 16.5 Å². The van der Waals surface area contributed by atoms with E-state index in [1.165, 1.54) is 11.3 Å². The number of aromatic nitrogens is 2. The molecule has 0 saturated heterocycles. The van der Waals surface area contributed by atoms with Crippen LogP contribution in [0.2, 0.25) is 0 Å². The van der Waals surface area contributed by atoms with Crippen LogP contribution in [0.4, 0.5) is 5.13 Å². The average Bonchev–Trinajstić information content (AvgIpc) is 2.36. The first-order valence-corrected chi connectivity index (χ1v) is 4.43. The molecule has 2 rings (SSSR count). The van der Waals surface area contributed by atoms with Crippen LogP contribution in [0.1, 0.15) is 12.8 Å². The van der Waals surface area contributed by atoms with Crippen LogP contribution in [0, 0.1) is 0 Å². The number of aliphatic hydroxyl groups excluding tert-OH is 1. The highest BCUT2D eigenvalue weighted by Crippen LogP contribution is 2.24. The summed E-state index contributed by atoms with van der Waals surface area (Å²) in [5.74, 6) is 0. The zero-order valence-corrected chi connectivity index (χ0v) is 6.71. The maximum atomic E-state index is 8.97. The Kier molecular flexibility index (Phi) is 1.75. The fraction of sp³-hybridized carbons (Fsp3) is 0.667. The van der Waals surface area contributed by atoms with Crippen LogP contribution >= 0.6 is 11.3 Å². The number of rotatable bonds is 2. The van der Waals surface area contributed by atoms with E-state index in [1.807, 2.05) is 0 Å². The van der Waals surface area contributed by atoms with Crippen LogP contribution in [-0.2, 0) is 0 Å². The number of nitrogens with one attached hydrogen (secondary N) is 1. The van der Waals surface area contributed by atoms with Crippen molar-refractivity contribution in [3.05, 3.63) is 5.51 Å². The molecule has 1 heterocycles. The van der Waals surface area contributed by atoms with Crippen molar-refractivity contribution in [3.63, 3.8) is 0 Å². The van der Waals surface area contributed by atoms with Gasteiger partial charge in [0.1, 0.15) is 5.51 Å². The minimum atomic E-state index is -0.111. The van der Waals surface area contributed by atoms with Gasteiger partial charge < -0.3 is 10.4 Å². The third-order valence-corrected chi connectivity index (χ3v) is 2.42. The van der Waals surface area contributed by atoms with Crippen molar-refractivity contribution in [2.24, 2.45) is 0 Å². The minimum absolute atomic E-state index is 0.111. The van der Waals surface area contributed by atoms with E-state index in [0.29, 0.717) is 6.04 Å². The normalized spacial score (nSPS) is 29.5. The molecule has 5 heteroatoms. The molecule has 1 aromatic heterocycles. The quantitative estimate of drug-likeness (QED) is 0.679. The standard InChI is InChI=1S/C6H9N3OS/c10-5-1-4(2-5)8-6-9-7-3-11-6/h3-5,10H,1-2H2,(H,8,9). The van der Waals surface area contributed by atoms with Crippen LogP contribution in [0.25, 0.3) is 0 Å². The zero-order chi connectivity index (χ0) is 7.68. The highest BCUT2D eigenvalue weighted by molar-refractivity contribution is 7.13. The Balaban J connectivity index is 1.84. The molecular weight excluding hydrogens is 162 g/mol. The minimum Gasteiger partial charge on any atom is -0.393 e. The number of hydrogen-bond donors (Lipinski definition) is 2. The van der Waals surface area contributed by atoms with Crippen molar-refractivity contribution < 1.29 is 5.11 Å². The van der Waals surface area contributed by atoms with Crippen molar-refractivity contribution in [1.82, 2.24) is 10.2 Å². The third-order valence-electron chi connectivity index (χ3n) is 1.80. The number of anilines is 1. The highest BCUT2D eigenvalue weighted by atomic mass is 32.1. The van der Waals surface area contributed by atoms with Crippen molar-refractivity contribution in [2.45, 2.75) is 25.0 Å². The van der Waals surface area contributed by atoms with Gasteiger partial charge in [0.05, 0.1) is 6.10 Å². The molecule has 4 nitrogen and oxygen atoms in total. The second-order valence-corrected chi connectivity index (χ2v) is 3.54. The maximum absolute atomic E-state index is 8.97. The number of nitrogens with zero attached hydrogens (tertiary/aromatic N) is 2. The lowest BCUT2D eigenvalue weighted by molar-refractivity contribution is 0.0836. The van der Waals surface area contributed by atoms with Crippen LogP contribution in [0.5, 0.6) is 0 Å². The molecule has 11 heavy (non-hydrogen) atoms. The van der Waals surface area contributed by atoms with Gasteiger partial charge in [-0.2, -0.15) is 0 Å². The Bertz CT molecular complexity index is 220. The summed E-state index contributed by atoms with van der Waals surface area (Å²) < 4.78 is 0. The van der Waals surface area contributed by atoms with E-state index in [9.17, 15) is 0 Å². The first-order chi connectivity index (χ1) is 5.34. The van der Waals surface area contributed by atoms with E-state index in [-0.39, 0.29) is 6.10 Å². The first-order valence-electron chi connectivity index (χ1n) is 3.55. The molecule has 60 valence electrons. The first kappa shape index (κ1) is 7.00. The largest absolute Gasteiger partial charge is 0.393 e. The number of hydrogen-bond acceptors (Lipinski definition) is 5. The van der Waals surface area contributed by atoms with E-state index in [1.54, 1.807) is 5.51 Å². The van der Waals surface area contributed by atoms with Gasteiger partial charge in [-0.1, -0.05) is 11.3 Å². The molecule has 0 unspecified atom stereocenters. The lowest BCUT2D eigenvalue weighted by atomic mass is 9.90. The van der Waals surface area contributed by atoms with Crippen LogP contribution in [-0.4, -0.2) is 27.4 Å². The van der Waals surface area contributed by atoms with Gasteiger partial charge in [-0.15, -0.1) is 10.2 Å². The van der Waals surface area contributed by atoms with Crippen LogP contribution < -0.4 is 5.32 Å². The summed E-state index contributed by atoms with van der Waals surface area (Å²) in [7, 11) is 0. The molecule has 0 spiro atoms. The topological polar surface area (TPSA) is 58.0 Å². The summed E-state index contributed by atoms with van der Waals surface area (Å²) in [6, 6.07) is 0.401. The Morgan fingerprint density at radius 1 is 1.64 bits per heavy atom. The van der Waals surface area contributed by atoms with Gasteiger partial charge in [-0.3, -0.25) is 0 Å². The van der Waals surface area contributed by atoms with Crippen LogP contribution in [0.3, 0.4) is 0 Å². The highest BCUT2D eigenvalue weighted by Gasteiger charge is 2.27. The molecular formula is C6H9N3OS. The molecule has 1 aromatic rings. The summed E-state index contributed by atoms with van der Waals surface area (Å²) in [6.07, 6.45) is 1.56. The van der Waals surface area contributed by atoms with Crippen LogP contribution in [0.15, 0.2) is 5.51 Å². The molecule has 1 aliphatic carbocycles. The molecule has 0 amide bonds. The molecule has 0 radical (unpaired) electrons. The molecule has 2 N–H and O–H groups in total. The molecule has 0 bridgehead atoms. The van der Waals surface area contributed by atoms with E-state index >= 15 is 0 Å². The van der Waals surface area contributed by atoms with E-state index in [4.69, 9.17) is 5.11 Å². The molecule has 0 aromatic carbocycles. The second kappa shape index (κ2) is 2.75. The van der Waals surface area contributed by atoms with E-state index in [0.717, 1.165) is 18.0 Å². The lowest BCUT2D eigenvalue weighted by Gasteiger charge is -2.31. The predicted molar refractivity (Wildman–Crippen MR) is 42.6 cm³/mol. The average molecular weight is 171 g/mol. The Morgan fingerprint density at radius 3 is 3.00 bits per heavy atom. The summed E-state index contributed by atoms with van der Waals surface area (Å²) in [4.78, 5) is 0. The summed E-state index contributed by atoms with van der Waals surface area (Å²) in [5.41, 5.74) is 1.69. The van der Waals surface area contributed by atoms with E-state index in [2.05, 4.69) is 15.5 Å². The molecule has 1 saturated carbocycles. The van der Waals surface area contributed by atoms with Gasteiger partial charge in [0.25, 0.3) is 0 Å². The molecule has 1 aliphatic rings. The maximum Gasteiger partial charge on any atom is 0.205 e. The van der Waals surface area contributed by atoms with Gasteiger partial charge in [0.15, 0.2) is 0 Å². The summed E-state index contributed by atoms with van der Waals surface area (Å²) in [6.45, 7) is 0. The molecule has 0 atom stereocenters. The fourth-order valence-electron chi connectivity index (χ4n) is 1.12. The van der Waals surface area contributed by atoms with Gasteiger partial charge in [0, 0.05) is 6.04 Å². The van der Waals surface area contributed by atoms with Gasteiger partial charge in [-0.25, -0.2) is 0 Å². The molecule has 1 fully saturated rings. The smallest absolute Gasteiger partial charge is 0.205 e. The Labute approximate surface area is 68.3 Å². The van der Waals surface area contributed by atoms with Gasteiger partial charge >= 0.3 is 0 Å². The number of aliphatic hydroxyl groups is 1. The van der Waals surface area contributed by atoms with Gasteiger partial charge in [0.2, 0.25) is 5.13 Å². The molecule has 0 aliphatic heterocycles. The fourth-order valence-corrected chi connectivity index (χ4v) is 1.64. The Morgan fingerprint density at radius 2 is 2.45 bits per heavy atom. The van der Waals surface area contributed by atoms with Crippen molar-refractivity contribution in [3.8, 4) is 0 Å². The van der Waals surface area contributed by atoms with Crippen molar-refractivity contribution in [1.29, 1.82) is 0 Å². The monoisotopic (exact) mass is 171 g/mol. The SMILES string of the molecule is OC1CC(Nc2nncs2)C1. The third kappa shape index (κ3) is 1.49. The summed E-state index contributed by atoms with van der Waals surface area (Å²) in [5, 5.41) is 20.5. The lowest BCUT2D eigenvalue weighted by Crippen LogP contribution is -2.38. The van der Waals surface area contributed by atoms with Crippen molar-refractivity contribution in [2.75, 3.05) is 5.32 Å². The zero-order valence-electron chi connectivity index (χ0n) is 5.90. The second-order valence-electron chi connectivity index (χ2n) is 2.71. The Hall–Kier alpha value is -0.680. The summed E-state index contributed by atoms with van der Waals surface area (Å²) >= 11 is 1.49.